The van der Waals surface area contributed by atoms with Gasteiger partial charge in [0.15, 0.2) is 0 Å². The van der Waals surface area contributed by atoms with Gasteiger partial charge in [-0.05, 0) is 37.4 Å². The molecule has 2 aromatic heterocycles. The van der Waals surface area contributed by atoms with E-state index in [1.807, 2.05) is 11.4 Å². The fraction of sp³-hybridized carbons (Fsp3) is 0.538. The van der Waals surface area contributed by atoms with Gasteiger partial charge in [-0.15, -0.1) is 11.3 Å². The van der Waals surface area contributed by atoms with Crippen LogP contribution in [0.5, 0.6) is 0 Å². The van der Waals surface area contributed by atoms with Crippen molar-refractivity contribution in [3.8, 4) is 0 Å². The summed E-state index contributed by atoms with van der Waals surface area (Å²) in [6.45, 7) is 6.28. The largest absolute Gasteiger partial charge is 0.299 e. The lowest BCUT2D eigenvalue weighted by Crippen LogP contribution is -2.21. The van der Waals surface area contributed by atoms with Crippen LogP contribution in [-0.2, 0) is 6.54 Å². The van der Waals surface area contributed by atoms with Gasteiger partial charge >= 0.3 is 0 Å². The number of fused-ring (bicyclic) bond motifs is 1. The van der Waals surface area contributed by atoms with Crippen molar-refractivity contribution >= 4 is 33.2 Å². The number of halogens is 1. The maximum atomic E-state index is 6.15. The van der Waals surface area contributed by atoms with E-state index in [1.54, 1.807) is 11.3 Å². The van der Waals surface area contributed by atoms with E-state index in [0.29, 0.717) is 5.15 Å². The van der Waals surface area contributed by atoms with Gasteiger partial charge in [0.2, 0.25) is 0 Å². The van der Waals surface area contributed by atoms with Gasteiger partial charge in [0, 0.05) is 5.39 Å². The molecule has 2 rings (SSSR count). The van der Waals surface area contributed by atoms with Crippen LogP contribution in [0.2, 0.25) is 5.15 Å². The Kier molecular flexibility index (Phi) is 4.54. The van der Waals surface area contributed by atoms with Gasteiger partial charge in [-0.25, -0.2) is 9.97 Å². The topological polar surface area (TPSA) is 29.0 Å². The Labute approximate surface area is 117 Å². The quantitative estimate of drug-likeness (QED) is 0.781. The van der Waals surface area contributed by atoms with Crippen LogP contribution >= 0.6 is 22.9 Å². The van der Waals surface area contributed by atoms with Gasteiger partial charge in [-0.2, -0.15) is 0 Å². The van der Waals surface area contributed by atoms with Crippen molar-refractivity contribution in [3.05, 3.63) is 22.4 Å². The van der Waals surface area contributed by atoms with Crippen LogP contribution in [0, 0.1) is 5.92 Å². The first-order chi connectivity index (χ1) is 8.56. The molecule has 0 saturated carbocycles. The second kappa shape index (κ2) is 5.95. The number of hydrogen-bond donors (Lipinski definition) is 0. The van der Waals surface area contributed by atoms with E-state index in [4.69, 9.17) is 11.6 Å². The highest BCUT2D eigenvalue weighted by molar-refractivity contribution is 7.16. The molecule has 3 nitrogen and oxygen atoms in total. The first-order valence-corrected chi connectivity index (χ1v) is 7.40. The molecule has 0 radical (unpaired) electrons. The number of hydrogen-bond acceptors (Lipinski definition) is 4. The van der Waals surface area contributed by atoms with Crippen LogP contribution in [-0.4, -0.2) is 28.5 Å². The summed E-state index contributed by atoms with van der Waals surface area (Å²) in [5, 5.41) is 3.51. The van der Waals surface area contributed by atoms with Gasteiger partial charge in [-0.1, -0.05) is 25.4 Å². The van der Waals surface area contributed by atoms with Crippen LogP contribution < -0.4 is 0 Å². The predicted octanol–water partition coefficient (Wildman–Crippen LogP) is 3.82. The van der Waals surface area contributed by atoms with Gasteiger partial charge in [-0.3, -0.25) is 4.90 Å². The molecule has 2 heterocycles. The number of aromatic nitrogens is 2. The highest BCUT2D eigenvalue weighted by atomic mass is 35.5. The molecule has 0 saturated heterocycles. The molecule has 0 spiro atoms. The minimum absolute atomic E-state index is 0.563. The van der Waals surface area contributed by atoms with E-state index in [2.05, 4.69) is 35.8 Å². The summed E-state index contributed by atoms with van der Waals surface area (Å²) in [5.41, 5.74) is 0. The zero-order valence-electron chi connectivity index (χ0n) is 11.0. The summed E-state index contributed by atoms with van der Waals surface area (Å²) >= 11 is 7.76. The minimum atomic E-state index is 0.563. The summed E-state index contributed by atoms with van der Waals surface area (Å²) in [7, 11) is 2.10. The van der Waals surface area contributed by atoms with Crippen LogP contribution in [0.25, 0.3) is 10.2 Å². The standard InChI is InChI=1S/C13H18ClN3S/c1-9(2)4-6-17(3)8-11-15-12(14)10-5-7-18-13(10)16-11/h5,7,9H,4,6,8H2,1-3H3. The van der Waals surface area contributed by atoms with E-state index >= 15 is 0 Å². The summed E-state index contributed by atoms with van der Waals surface area (Å²) < 4.78 is 0. The highest BCUT2D eigenvalue weighted by Gasteiger charge is 2.09. The number of nitrogens with zero attached hydrogens (tertiary/aromatic N) is 3. The van der Waals surface area contributed by atoms with Crippen molar-refractivity contribution in [1.82, 2.24) is 14.9 Å². The average molecular weight is 284 g/mol. The lowest BCUT2D eigenvalue weighted by atomic mass is 10.1. The molecule has 0 aliphatic rings. The molecule has 0 bridgehead atoms. The Morgan fingerprint density at radius 2 is 2.17 bits per heavy atom. The lowest BCUT2D eigenvalue weighted by Gasteiger charge is -2.16. The first-order valence-electron chi connectivity index (χ1n) is 6.14. The maximum Gasteiger partial charge on any atom is 0.145 e. The molecule has 0 aliphatic carbocycles. The normalized spacial score (nSPS) is 11.9. The van der Waals surface area contributed by atoms with Crippen LogP contribution in [0.4, 0.5) is 0 Å². The van der Waals surface area contributed by atoms with Crippen molar-refractivity contribution in [3.63, 3.8) is 0 Å². The Balaban J connectivity index is 2.07. The molecular formula is C13H18ClN3S. The molecule has 0 amide bonds. The van der Waals surface area contributed by atoms with E-state index in [1.165, 1.54) is 6.42 Å². The highest BCUT2D eigenvalue weighted by Crippen LogP contribution is 2.24. The molecule has 18 heavy (non-hydrogen) atoms. The first kappa shape index (κ1) is 13.7. The zero-order chi connectivity index (χ0) is 13.1. The molecule has 5 heteroatoms. The van der Waals surface area contributed by atoms with E-state index in [0.717, 1.165) is 35.0 Å². The van der Waals surface area contributed by atoms with E-state index in [9.17, 15) is 0 Å². The summed E-state index contributed by atoms with van der Waals surface area (Å²) in [6.07, 6.45) is 1.19. The lowest BCUT2D eigenvalue weighted by molar-refractivity contribution is 0.297. The van der Waals surface area contributed by atoms with E-state index < -0.39 is 0 Å². The smallest absolute Gasteiger partial charge is 0.145 e. The summed E-state index contributed by atoms with van der Waals surface area (Å²) in [6, 6.07) is 1.97. The molecule has 0 aromatic carbocycles. The minimum Gasteiger partial charge on any atom is -0.299 e. The van der Waals surface area contributed by atoms with Crippen LogP contribution in [0.15, 0.2) is 11.4 Å². The fourth-order valence-corrected chi connectivity index (χ4v) is 2.82. The third-order valence-corrected chi connectivity index (χ3v) is 3.92. The molecule has 0 unspecified atom stereocenters. The van der Waals surface area contributed by atoms with E-state index in [-0.39, 0.29) is 0 Å². The third-order valence-electron chi connectivity index (χ3n) is 2.82. The Bertz CT molecular complexity index is 524. The van der Waals surface area contributed by atoms with Crippen LogP contribution in [0.3, 0.4) is 0 Å². The molecule has 0 aliphatic heterocycles. The molecule has 98 valence electrons. The fourth-order valence-electron chi connectivity index (χ4n) is 1.73. The van der Waals surface area contributed by atoms with Gasteiger partial charge in [0.1, 0.15) is 15.8 Å². The van der Waals surface area contributed by atoms with Gasteiger partial charge in [0.05, 0.1) is 6.54 Å². The van der Waals surface area contributed by atoms with Crippen molar-refractivity contribution < 1.29 is 0 Å². The van der Waals surface area contributed by atoms with Gasteiger partial charge in [0.25, 0.3) is 0 Å². The monoisotopic (exact) mass is 283 g/mol. The van der Waals surface area contributed by atoms with Crippen molar-refractivity contribution in [2.24, 2.45) is 5.92 Å². The SMILES string of the molecule is CC(C)CCN(C)Cc1nc(Cl)c2ccsc2n1. The Morgan fingerprint density at radius 3 is 2.89 bits per heavy atom. The molecule has 0 atom stereocenters. The second-order valence-corrected chi connectivity index (χ2v) is 6.24. The van der Waals surface area contributed by atoms with Crippen molar-refractivity contribution in [1.29, 1.82) is 0 Å². The summed E-state index contributed by atoms with van der Waals surface area (Å²) in [5.74, 6) is 1.53. The zero-order valence-corrected chi connectivity index (χ0v) is 12.6. The molecule has 2 aromatic rings. The average Bonchev–Trinajstić information content (AvgIpc) is 2.75. The Morgan fingerprint density at radius 1 is 1.39 bits per heavy atom. The molecule has 0 N–H and O–H groups in total. The maximum absolute atomic E-state index is 6.15. The third kappa shape index (κ3) is 3.40. The number of thiophene rings is 1. The molecular weight excluding hydrogens is 266 g/mol. The predicted molar refractivity (Wildman–Crippen MR) is 78.2 cm³/mol. The number of rotatable bonds is 5. The van der Waals surface area contributed by atoms with Crippen molar-refractivity contribution in [2.75, 3.05) is 13.6 Å². The Hall–Kier alpha value is -0.710. The second-order valence-electron chi connectivity index (χ2n) is 4.99. The van der Waals surface area contributed by atoms with Crippen molar-refractivity contribution in [2.45, 2.75) is 26.8 Å². The summed E-state index contributed by atoms with van der Waals surface area (Å²) in [4.78, 5) is 12.1. The van der Waals surface area contributed by atoms with Gasteiger partial charge < -0.3 is 0 Å². The molecule has 0 fully saturated rings. The van der Waals surface area contributed by atoms with Crippen LogP contribution in [0.1, 0.15) is 26.1 Å².